The zero-order chi connectivity index (χ0) is 20.9. The topological polar surface area (TPSA) is 78.8 Å². The van der Waals surface area contributed by atoms with Gasteiger partial charge in [-0.1, -0.05) is 6.08 Å². The highest BCUT2D eigenvalue weighted by atomic mass is 16.5. The number of carbonyl (C=O) groups excluding carboxylic acids is 1. The molecule has 0 bridgehead atoms. The van der Waals surface area contributed by atoms with Crippen LogP contribution in [-0.4, -0.2) is 57.0 Å². The van der Waals surface area contributed by atoms with Crippen molar-refractivity contribution in [2.45, 2.75) is 26.2 Å². The molecule has 156 valence electrons. The molecular formula is C23H26N4O3. The highest BCUT2D eigenvalue weighted by Crippen LogP contribution is 2.29. The van der Waals surface area contributed by atoms with Gasteiger partial charge in [0, 0.05) is 32.0 Å². The Morgan fingerprint density at radius 1 is 1.17 bits per heavy atom. The summed E-state index contributed by atoms with van der Waals surface area (Å²) in [5.74, 6) is 1.22. The van der Waals surface area contributed by atoms with Crippen LogP contribution in [0.5, 0.6) is 11.5 Å². The van der Waals surface area contributed by atoms with Crippen molar-refractivity contribution in [1.29, 1.82) is 0 Å². The molecule has 30 heavy (non-hydrogen) atoms. The van der Waals surface area contributed by atoms with E-state index in [4.69, 9.17) is 4.74 Å². The lowest BCUT2D eigenvalue weighted by atomic mass is 10.1. The van der Waals surface area contributed by atoms with E-state index in [0.29, 0.717) is 17.9 Å². The monoisotopic (exact) mass is 406 g/mol. The minimum absolute atomic E-state index is 0.0589. The van der Waals surface area contributed by atoms with Crippen LogP contribution in [0.4, 0.5) is 0 Å². The zero-order valence-corrected chi connectivity index (χ0v) is 17.1. The number of nitrogens with zero attached hydrogens (tertiary/aromatic N) is 4. The van der Waals surface area contributed by atoms with Crippen LogP contribution in [-0.2, 0) is 0 Å². The maximum Gasteiger partial charge on any atom is 0.262 e. The minimum atomic E-state index is -0.138. The van der Waals surface area contributed by atoms with Crippen molar-refractivity contribution in [3.05, 3.63) is 66.1 Å². The third-order valence-electron chi connectivity index (χ3n) is 5.47. The Labute approximate surface area is 176 Å². The lowest BCUT2D eigenvalue weighted by Crippen LogP contribution is -2.32. The number of aromatic nitrogens is 2. The van der Waals surface area contributed by atoms with Crippen molar-refractivity contribution >= 4 is 11.5 Å². The average Bonchev–Trinajstić information content (AvgIpc) is 2.89. The molecule has 2 aromatic rings. The number of hydrogen-bond acceptors (Lipinski definition) is 6. The number of phenolic OH excluding ortho intramolecular Hbond substituents is 1. The van der Waals surface area contributed by atoms with Crippen LogP contribution in [0.3, 0.4) is 0 Å². The molecule has 2 aliphatic heterocycles. The molecule has 0 aliphatic carbocycles. The maximum atomic E-state index is 12.9. The Kier molecular flexibility index (Phi) is 6.09. The molecule has 0 radical (unpaired) electrons. The van der Waals surface area contributed by atoms with E-state index in [0.717, 1.165) is 50.4 Å². The van der Waals surface area contributed by atoms with E-state index < -0.39 is 0 Å². The second kappa shape index (κ2) is 9.09. The Balaban J connectivity index is 1.28. The van der Waals surface area contributed by atoms with Crippen molar-refractivity contribution in [3.8, 4) is 11.5 Å². The SMILES string of the molecule is CC1=COc2ccc(O)cc2C(=O)N1CCCCN1CC=C(c2ncccn2)CC1. The van der Waals surface area contributed by atoms with Crippen LogP contribution in [0.15, 0.2) is 54.7 Å². The summed E-state index contributed by atoms with van der Waals surface area (Å²) in [6.45, 7) is 5.36. The smallest absolute Gasteiger partial charge is 0.262 e. The summed E-state index contributed by atoms with van der Waals surface area (Å²) in [5, 5.41) is 9.74. The fourth-order valence-electron chi connectivity index (χ4n) is 3.77. The number of unbranched alkanes of at least 4 members (excludes halogenated alkanes) is 1. The second-order valence-electron chi connectivity index (χ2n) is 7.57. The fraction of sp³-hybridized carbons (Fsp3) is 0.348. The molecule has 0 saturated heterocycles. The molecule has 7 nitrogen and oxygen atoms in total. The van der Waals surface area contributed by atoms with Crippen LogP contribution < -0.4 is 4.74 Å². The Morgan fingerprint density at radius 3 is 2.73 bits per heavy atom. The van der Waals surface area contributed by atoms with E-state index in [-0.39, 0.29) is 11.7 Å². The fourth-order valence-corrected chi connectivity index (χ4v) is 3.77. The van der Waals surface area contributed by atoms with Crippen LogP contribution in [0.2, 0.25) is 0 Å². The molecule has 1 aromatic carbocycles. The molecule has 4 rings (SSSR count). The molecule has 0 spiro atoms. The van der Waals surface area contributed by atoms with Gasteiger partial charge < -0.3 is 14.7 Å². The Hall–Kier alpha value is -3.19. The summed E-state index contributed by atoms with van der Waals surface area (Å²) in [4.78, 5) is 25.7. The van der Waals surface area contributed by atoms with Crippen molar-refractivity contribution < 1.29 is 14.6 Å². The normalized spacial score (nSPS) is 17.0. The van der Waals surface area contributed by atoms with E-state index >= 15 is 0 Å². The molecule has 2 aliphatic rings. The standard InChI is InChI=1S/C23H26N4O3/c1-17-16-30-21-6-5-19(28)15-20(21)23(29)27(17)12-3-2-11-26-13-7-18(8-14-26)22-24-9-4-10-25-22/h4-7,9-10,15-16,28H,2-3,8,11-14H2,1H3. The maximum absolute atomic E-state index is 12.9. The Morgan fingerprint density at radius 2 is 1.97 bits per heavy atom. The number of allylic oxidation sites excluding steroid dienone is 1. The van der Waals surface area contributed by atoms with Gasteiger partial charge in [0.2, 0.25) is 0 Å². The van der Waals surface area contributed by atoms with Crippen LogP contribution in [0.1, 0.15) is 42.4 Å². The molecule has 0 atom stereocenters. The number of ether oxygens (including phenoxy) is 1. The summed E-state index contributed by atoms with van der Waals surface area (Å²) < 4.78 is 5.60. The van der Waals surface area contributed by atoms with E-state index in [1.807, 2.05) is 13.0 Å². The first kappa shape index (κ1) is 20.1. The van der Waals surface area contributed by atoms with Crippen molar-refractivity contribution in [3.63, 3.8) is 0 Å². The number of carbonyl (C=O) groups is 1. The highest BCUT2D eigenvalue weighted by molar-refractivity contribution is 5.98. The number of rotatable bonds is 6. The van der Waals surface area contributed by atoms with Crippen LogP contribution >= 0.6 is 0 Å². The van der Waals surface area contributed by atoms with Gasteiger partial charge in [-0.25, -0.2) is 9.97 Å². The quantitative estimate of drug-likeness (QED) is 0.741. The highest BCUT2D eigenvalue weighted by Gasteiger charge is 2.24. The number of amides is 1. The van der Waals surface area contributed by atoms with E-state index in [1.165, 1.54) is 17.7 Å². The molecular weight excluding hydrogens is 380 g/mol. The molecule has 1 N–H and O–H groups in total. The number of aromatic hydroxyl groups is 1. The molecule has 0 unspecified atom stereocenters. The molecule has 0 saturated carbocycles. The summed E-state index contributed by atoms with van der Waals surface area (Å²) >= 11 is 0. The second-order valence-corrected chi connectivity index (χ2v) is 7.57. The largest absolute Gasteiger partial charge is 0.508 e. The number of hydrogen-bond donors (Lipinski definition) is 1. The van der Waals surface area contributed by atoms with Gasteiger partial charge in [-0.05, 0) is 62.6 Å². The van der Waals surface area contributed by atoms with Gasteiger partial charge in [0.15, 0.2) is 5.82 Å². The van der Waals surface area contributed by atoms with Gasteiger partial charge in [0.05, 0.1) is 11.3 Å². The predicted octanol–water partition coefficient (Wildman–Crippen LogP) is 3.45. The van der Waals surface area contributed by atoms with Crippen LogP contribution in [0.25, 0.3) is 5.57 Å². The van der Waals surface area contributed by atoms with Gasteiger partial charge in [0.25, 0.3) is 5.91 Å². The van der Waals surface area contributed by atoms with Gasteiger partial charge in [-0.3, -0.25) is 9.69 Å². The van der Waals surface area contributed by atoms with Crippen LogP contribution in [0, 0.1) is 0 Å². The van der Waals surface area contributed by atoms with E-state index in [1.54, 1.807) is 29.6 Å². The molecule has 1 aromatic heterocycles. The van der Waals surface area contributed by atoms with E-state index in [2.05, 4.69) is 20.9 Å². The number of fused-ring (bicyclic) bond motifs is 1. The third kappa shape index (κ3) is 4.52. The van der Waals surface area contributed by atoms with Crippen molar-refractivity contribution in [2.75, 3.05) is 26.2 Å². The summed E-state index contributed by atoms with van der Waals surface area (Å²) in [6, 6.07) is 6.44. The molecule has 0 fully saturated rings. The first-order chi connectivity index (χ1) is 14.6. The summed E-state index contributed by atoms with van der Waals surface area (Å²) in [6.07, 6.45) is 10.2. The van der Waals surface area contributed by atoms with Gasteiger partial charge in [-0.15, -0.1) is 0 Å². The predicted molar refractivity (Wildman–Crippen MR) is 114 cm³/mol. The first-order valence-corrected chi connectivity index (χ1v) is 10.3. The lowest BCUT2D eigenvalue weighted by molar-refractivity contribution is 0.0804. The van der Waals surface area contributed by atoms with E-state index in [9.17, 15) is 9.90 Å². The van der Waals surface area contributed by atoms with Gasteiger partial charge in [-0.2, -0.15) is 0 Å². The number of phenols is 1. The van der Waals surface area contributed by atoms with Crippen molar-refractivity contribution in [1.82, 2.24) is 19.8 Å². The molecule has 1 amide bonds. The Bertz CT molecular complexity index is 972. The summed E-state index contributed by atoms with van der Waals surface area (Å²) in [5.41, 5.74) is 2.37. The first-order valence-electron chi connectivity index (χ1n) is 10.3. The molecule has 3 heterocycles. The summed E-state index contributed by atoms with van der Waals surface area (Å²) in [7, 11) is 0. The third-order valence-corrected chi connectivity index (χ3v) is 5.47. The van der Waals surface area contributed by atoms with Crippen molar-refractivity contribution in [2.24, 2.45) is 0 Å². The van der Waals surface area contributed by atoms with Gasteiger partial charge in [0.1, 0.15) is 17.8 Å². The lowest BCUT2D eigenvalue weighted by Gasteiger charge is -2.26. The number of benzene rings is 1. The minimum Gasteiger partial charge on any atom is -0.508 e. The molecule has 7 heteroatoms. The average molecular weight is 406 g/mol. The van der Waals surface area contributed by atoms with Gasteiger partial charge >= 0.3 is 0 Å². The zero-order valence-electron chi connectivity index (χ0n) is 17.1.